The predicted octanol–water partition coefficient (Wildman–Crippen LogP) is 0.0102. The fourth-order valence-corrected chi connectivity index (χ4v) is 1.51. The van der Waals surface area contributed by atoms with Crippen LogP contribution in [0.15, 0.2) is 23.1 Å². The molecule has 0 saturated heterocycles. The number of nitrogens with two attached hydrogens (primary N) is 2. The van der Waals surface area contributed by atoms with Gasteiger partial charge in [-0.05, 0) is 25.0 Å². The van der Waals surface area contributed by atoms with Gasteiger partial charge >= 0.3 is 0 Å². The molecule has 0 aliphatic carbocycles. The first-order valence-electron chi connectivity index (χ1n) is 5.49. The molecule has 0 aliphatic heterocycles. The van der Waals surface area contributed by atoms with Crippen molar-refractivity contribution < 1.29 is 5.11 Å². The van der Waals surface area contributed by atoms with E-state index in [0.717, 1.165) is 19.3 Å². The fourth-order valence-electron chi connectivity index (χ4n) is 1.51. The third-order valence-electron chi connectivity index (χ3n) is 2.53. The fraction of sp³-hybridized carbons (Fsp3) is 0.545. The lowest BCUT2D eigenvalue weighted by molar-refractivity contribution is 0.451. The molecule has 5 N–H and O–H groups in total. The van der Waals surface area contributed by atoms with Crippen molar-refractivity contribution in [2.45, 2.75) is 31.8 Å². The zero-order chi connectivity index (χ0) is 12.0. The molecule has 1 atom stereocenters. The molecule has 90 valence electrons. The molecule has 0 amide bonds. The van der Waals surface area contributed by atoms with Crippen molar-refractivity contribution in [2.75, 3.05) is 6.54 Å². The van der Waals surface area contributed by atoms with Crippen LogP contribution in [-0.4, -0.2) is 22.3 Å². The highest BCUT2D eigenvalue weighted by molar-refractivity contribution is 5.14. The van der Waals surface area contributed by atoms with Gasteiger partial charge in [0.2, 0.25) is 0 Å². The second-order valence-corrected chi connectivity index (χ2v) is 3.88. The van der Waals surface area contributed by atoms with Gasteiger partial charge < -0.3 is 21.1 Å². The minimum atomic E-state index is -0.342. The van der Waals surface area contributed by atoms with E-state index in [2.05, 4.69) is 0 Å². The van der Waals surface area contributed by atoms with Gasteiger partial charge in [0.25, 0.3) is 5.56 Å². The second kappa shape index (κ2) is 6.30. The average Bonchev–Trinajstić information content (AvgIpc) is 2.29. The summed E-state index contributed by atoms with van der Waals surface area (Å²) in [5, 5.41) is 9.21. The Hall–Kier alpha value is -1.33. The van der Waals surface area contributed by atoms with Crippen molar-refractivity contribution in [3.63, 3.8) is 0 Å². The number of nitrogens with zero attached hydrogens (tertiary/aromatic N) is 1. The van der Waals surface area contributed by atoms with Gasteiger partial charge in [-0.15, -0.1) is 0 Å². The third-order valence-corrected chi connectivity index (χ3v) is 2.53. The van der Waals surface area contributed by atoms with Crippen molar-refractivity contribution in [3.8, 4) is 5.75 Å². The normalized spacial score (nSPS) is 12.6. The minimum absolute atomic E-state index is 0.0425. The lowest BCUT2D eigenvalue weighted by Crippen LogP contribution is -2.29. The summed E-state index contributed by atoms with van der Waals surface area (Å²) in [6.45, 7) is 1.09. The van der Waals surface area contributed by atoms with Gasteiger partial charge in [0, 0.05) is 25.3 Å². The third kappa shape index (κ3) is 3.67. The average molecular weight is 225 g/mol. The Bertz CT molecular complexity index is 376. The quantitative estimate of drug-likeness (QED) is 0.594. The van der Waals surface area contributed by atoms with Crippen molar-refractivity contribution >= 4 is 0 Å². The maximum atomic E-state index is 11.4. The molecule has 1 rings (SSSR count). The zero-order valence-corrected chi connectivity index (χ0v) is 9.30. The molecule has 1 unspecified atom stereocenters. The lowest BCUT2D eigenvalue weighted by atomic mass is 10.1. The highest BCUT2D eigenvalue weighted by Crippen LogP contribution is 2.02. The molecule has 0 bridgehead atoms. The van der Waals surface area contributed by atoms with Crippen molar-refractivity contribution in [2.24, 2.45) is 11.5 Å². The van der Waals surface area contributed by atoms with Gasteiger partial charge in [-0.1, -0.05) is 6.42 Å². The highest BCUT2D eigenvalue weighted by atomic mass is 16.3. The van der Waals surface area contributed by atoms with Crippen LogP contribution in [-0.2, 0) is 6.54 Å². The standard InChI is InChI=1S/C11H19N3O2/c12-8-9(13)4-1-2-6-14-7-3-5-10(15)11(14)16/h3,5,7,9,15H,1-2,4,6,8,12-13H2. The van der Waals surface area contributed by atoms with E-state index in [0.29, 0.717) is 13.1 Å². The van der Waals surface area contributed by atoms with Crippen LogP contribution >= 0.6 is 0 Å². The largest absolute Gasteiger partial charge is 0.503 e. The van der Waals surface area contributed by atoms with Gasteiger partial charge in [0.05, 0.1) is 0 Å². The molecule has 16 heavy (non-hydrogen) atoms. The van der Waals surface area contributed by atoms with E-state index in [9.17, 15) is 9.90 Å². The Kier molecular flexibility index (Phi) is 5.01. The number of rotatable bonds is 6. The van der Waals surface area contributed by atoms with E-state index in [1.54, 1.807) is 12.3 Å². The molecule has 1 aromatic rings. The second-order valence-electron chi connectivity index (χ2n) is 3.88. The molecule has 5 heteroatoms. The molecule has 1 aromatic heterocycles. The van der Waals surface area contributed by atoms with Crippen LogP contribution in [0, 0.1) is 0 Å². The Morgan fingerprint density at radius 2 is 2.19 bits per heavy atom. The molecule has 0 aromatic carbocycles. The monoisotopic (exact) mass is 225 g/mol. The van der Waals surface area contributed by atoms with E-state index in [1.165, 1.54) is 10.6 Å². The summed E-state index contributed by atoms with van der Waals surface area (Å²) in [5.74, 6) is -0.207. The van der Waals surface area contributed by atoms with E-state index in [1.807, 2.05) is 0 Å². The Balaban J connectivity index is 2.38. The van der Waals surface area contributed by atoms with Crippen LogP contribution in [0.4, 0.5) is 0 Å². The first-order valence-corrected chi connectivity index (χ1v) is 5.49. The van der Waals surface area contributed by atoms with Crippen molar-refractivity contribution in [3.05, 3.63) is 28.7 Å². The Morgan fingerprint density at radius 1 is 1.44 bits per heavy atom. The van der Waals surface area contributed by atoms with Crippen LogP contribution in [0.2, 0.25) is 0 Å². The van der Waals surface area contributed by atoms with E-state index < -0.39 is 0 Å². The lowest BCUT2D eigenvalue weighted by Gasteiger charge is -2.09. The highest BCUT2D eigenvalue weighted by Gasteiger charge is 2.02. The molecular formula is C11H19N3O2. The Morgan fingerprint density at radius 3 is 2.88 bits per heavy atom. The summed E-state index contributed by atoms with van der Waals surface area (Å²) in [6, 6.07) is 3.09. The molecule has 0 aliphatic rings. The van der Waals surface area contributed by atoms with Gasteiger partial charge in [0.15, 0.2) is 5.75 Å². The zero-order valence-electron chi connectivity index (χ0n) is 9.30. The Labute approximate surface area is 94.7 Å². The summed E-state index contributed by atoms with van der Waals surface area (Å²) in [7, 11) is 0. The number of pyridine rings is 1. The predicted molar refractivity (Wildman–Crippen MR) is 63.2 cm³/mol. The molecule has 0 saturated carbocycles. The molecular weight excluding hydrogens is 206 g/mol. The smallest absolute Gasteiger partial charge is 0.292 e. The van der Waals surface area contributed by atoms with Crippen LogP contribution in [0.5, 0.6) is 5.75 Å². The van der Waals surface area contributed by atoms with E-state index in [-0.39, 0.29) is 17.4 Å². The topological polar surface area (TPSA) is 94.3 Å². The van der Waals surface area contributed by atoms with E-state index in [4.69, 9.17) is 11.5 Å². The van der Waals surface area contributed by atoms with Crippen molar-refractivity contribution in [1.82, 2.24) is 4.57 Å². The van der Waals surface area contributed by atoms with Gasteiger partial charge in [-0.2, -0.15) is 0 Å². The van der Waals surface area contributed by atoms with Gasteiger partial charge in [0.1, 0.15) is 0 Å². The first kappa shape index (κ1) is 12.7. The number of aromatic nitrogens is 1. The number of hydrogen-bond donors (Lipinski definition) is 3. The van der Waals surface area contributed by atoms with Crippen LogP contribution in [0.1, 0.15) is 19.3 Å². The summed E-state index contributed by atoms with van der Waals surface area (Å²) in [5.41, 5.74) is 10.7. The molecule has 5 nitrogen and oxygen atoms in total. The summed E-state index contributed by atoms with van der Waals surface area (Å²) in [4.78, 5) is 11.4. The molecule has 0 fully saturated rings. The summed E-state index contributed by atoms with van der Waals surface area (Å²) < 4.78 is 1.50. The first-order chi connectivity index (χ1) is 7.65. The molecule has 0 radical (unpaired) electrons. The van der Waals surface area contributed by atoms with Crippen molar-refractivity contribution in [1.29, 1.82) is 0 Å². The van der Waals surface area contributed by atoms with Crippen LogP contribution in [0.25, 0.3) is 0 Å². The van der Waals surface area contributed by atoms with Crippen LogP contribution in [0.3, 0.4) is 0 Å². The van der Waals surface area contributed by atoms with E-state index >= 15 is 0 Å². The summed E-state index contributed by atoms with van der Waals surface area (Å²) in [6.07, 6.45) is 4.33. The minimum Gasteiger partial charge on any atom is -0.503 e. The molecule has 1 heterocycles. The molecule has 0 spiro atoms. The van der Waals surface area contributed by atoms with Gasteiger partial charge in [-0.3, -0.25) is 4.79 Å². The summed E-state index contributed by atoms with van der Waals surface area (Å²) >= 11 is 0. The van der Waals surface area contributed by atoms with Crippen LogP contribution < -0.4 is 17.0 Å². The number of aryl methyl sites for hydroxylation is 1. The number of hydrogen-bond acceptors (Lipinski definition) is 4. The number of aromatic hydroxyl groups is 1. The number of unbranched alkanes of at least 4 members (excludes halogenated alkanes) is 1. The maximum absolute atomic E-state index is 11.4. The maximum Gasteiger partial charge on any atom is 0.292 e. The van der Waals surface area contributed by atoms with Gasteiger partial charge in [-0.25, -0.2) is 0 Å². The SMILES string of the molecule is NCC(N)CCCCn1cccc(O)c1=O.